The maximum atomic E-state index is 9.95. The third-order valence-electron chi connectivity index (χ3n) is 2.93. The van der Waals surface area contributed by atoms with E-state index >= 15 is 0 Å². The topological polar surface area (TPSA) is 20.2 Å². The summed E-state index contributed by atoms with van der Waals surface area (Å²) in [6, 6.07) is 0. The molecule has 1 nitrogen and oxygen atoms in total. The second-order valence-corrected chi connectivity index (χ2v) is 5.61. The standard InChI is InChI=1S/C13H24O.C2H5.Zn/c1-13(2,3)10-9-12(14)11-7-5-4-6-8-11;1-2;/h9-12,14H,4-8H2,1-3H3;1H2,2H3;/q;-1;/b10-9+;;/t12-;;/m0../s1. The minimum atomic E-state index is -0.213. The molecule has 1 N–H and O–H groups in total. The van der Waals surface area contributed by atoms with Gasteiger partial charge in [-0.25, -0.2) is 0 Å². The van der Waals surface area contributed by atoms with Gasteiger partial charge in [0, 0.05) is 19.5 Å². The molecular weight excluding hydrogens is 262 g/mol. The van der Waals surface area contributed by atoms with Gasteiger partial charge in [0.2, 0.25) is 0 Å². The number of allylic oxidation sites excluding steroid dienone is 1. The quantitative estimate of drug-likeness (QED) is 0.455. The second-order valence-electron chi connectivity index (χ2n) is 5.61. The van der Waals surface area contributed by atoms with Crippen molar-refractivity contribution in [3.8, 4) is 0 Å². The SMILES string of the molecule is CC(C)(C)/C=C/[C@H](O)C1CCCCC1.[CH2-]C.[Zn]. The van der Waals surface area contributed by atoms with Gasteiger partial charge in [0.15, 0.2) is 0 Å². The zero-order valence-electron chi connectivity index (χ0n) is 12.2. The number of aliphatic hydroxyl groups excluding tert-OH is 1. The van der Waals surface area contributed by atoms with Gasteiger partial charge in [0.25, 0.3) is 0 Å². The van der Waals surface area contributed by atoms with Crippen molar-refractivity contribution >= 4 is 0 Å². The molecule has 0 saturated heterocycles. The summed E-state index contributed by atoms with van der Waals surface area (Å²) in [5.74, 6) is 0.516. The van der Waals surface area contributed by atoms with Crippen LogP contribution in [0, 0.1) is 18.3 Å². The Hall–Kier alpha value is 0.323. The zero-order chi connectivity index (χ0) is 12.6. The molecule has 0 bridgehead atoms. The van der Waals surface area contributed by atoms with Crippen molar-refractivity contribution in [2.24, 2.45) is 11.3 Å². The van der Waals surface area contributed by atoms with Crippen LogP contribution in [-0.2, 0) is 19.5 Å². The van der Waals surface area contributed by atoms with Crippen molar-refractivity contribution in [2.45, 2.75) is 65.9 Å². The van der Waals surface area contributed by atoms with Crippen molar-refractivity contribution in [2.75, 3.05) is 0 Å². The Morgan fingerprint density at radius 1 is 1.12 bits per heavy atom. The van der Waals surface area contributed by atoms with Gasteiger partial charge in [-0.3, -0.25) is 0 Å². The van der Waals surface area contributed by atoms with Crippen LogP contribution in [0.15, 0.2) is 12.2 Å². The Labute approximate surface area is 121 Å². The Kier molecular flexibility index (Phi) is 11.9. The van der Waals surface area contributed by atoms with E-state index in [1.807, 2.05) is 6.08 Å². The molecule has 17 heavy (non-hydrogen) atoms. The van der Waals surface area contributed by atoms with E-state index in [0.717, 1.165) is 0 Å². The van der Waals surface area contributed by atoms with Crippen molar-refractivity contribution in [1.29, 1.82) is 0 Å². The maximum absolute atomic E-state index is 9.95. The van der Waals surface area contributed by atoms with Crippen molar-refractivity contribution in [1.82, 2.24) is 0 Å². The summed E-state index contributed by atoms with van der Waals surface area (Å²) in [4.78, 5) is 0. The van der Waals surface area contributed by atoms with E-state index < -0.39 is 0 Å². The Morgan fingerprint density at radius 3 is 2.00 bits per heavy atom. The van der Waals surface area contributed by atoms with Gasteiger partial charge in [0.05, 0.1) is 6.10 Å². The molecule has 0 amide bonds. The van der Waals surface area contributed by atoms with E-state index in [1.165, 1.54) is 32.1 Å². The molecule has 0 aliphatic heterocycles. The molecule has 98 valence electrons. The van der Waals surface area contributed by atoms with Crippen LogP contribution in [0.2, 0.25) is 0 Å². The summed E-state index contributed by atoms with van der Waals surface area (Å²) >= 11 is 0. The van der Waals surface area contributed by atoms with Crippen LogP contribution in [0.1, 0.15) is 59.8 Å². The number of hydrogen-bond donors (Lipinski definition) is 1. The van der Waals surface area contributed by atoms with Crippen LogP contribution in [0.25, 0.3) is 0 Å². The molecule has 0 aromatic heterocycles. The fourth-order valence-corrected chi connectivity index (χ4v) is 2.02. The Morgan fingerprint density at radius 2 is 1.59 bits per heavy atom. The monoisotopic (exact) mass is 289 g/mol. The molecule has 1 fully saturated rings. The summed E-state index contributed by atoms with van der Waals surface area (Å²) < 4.78 is 0. The van der Waals surface area contributed by atoms with E-state index in [-0.39, 0.29) is 31.0 Å². The molecule has 1 rings (SSSR count). The molecule has 1 atom stereocenters. The predicted molar refractivity (Wildman–Crippen MR) is 72.2 cm³/mol. The molecule has 2 heteroatoms. The van der Waals surface area contributed by atoms with Gasteiger partial charge in [-0.1, -0.05) is 52.2 Å². The third kappa shape index (κ3) is 9.97. The van der Waals surface area contributed by atoms with Gasteiger partial charge < -0.3 is 12.0 Å². The van der Waals surface area contributed by atoms with Crippen molar-refractivity contribution < 1.29 is 24.6 Å². The first kappa shape index (κ1) is 19.7. The van der Waals surface area contributed by atoms with Crippen LogP contribution in [0.5, 0.6) is 0 Å². The molecule has 0 spiro atoms. The van der Waals surface area contributed by atoms with Crippen LogP contribution in [0.3, 0.4) is 0 Å². The molecule has 1 aliphatic carbocycles. The van der Waals surface area contributed by atoms with Gasteiger partial charge in [-0.05, 0) is 24.2 Å². The number of hydrogen-bond acceptors (Lipinski definition) is 1. The second kappa shape index (κ2) is 10.3. The first-order valence-electron chi connectivity index (χ1n) is 6.57. The average molecular weight is 291 g/mol. The van der Waals surface area contributed by atoms with Crippen LogP contribution in [0.4, 0.5) is 0 Å². The summed E-state index contributed by atoms with van der Waals surface area (Å²) in [6.07, 6.45) is 10.3. The normalized spacial score (nSPS) is 19.2. The zero-order valence-corrected chi connectivity index (χ0v) is 15.2. The first-order chi connectivity index (χ1) is 7.49. The number of rotatable bonds is 2. The van der Waals surface area contributed by atoms with E-state index in [9.17, 15) is 5.11 Å². The fourth-order valence-electron chi connectivity index (χ4n) is 2.02. The van der Waals surface area contributed by atoms with E-state index in [2.05, 4.69) is 33.8 Å². The molecule has 1 saturated carbocycles. The first-order valence-corrected chi connectivity index (χ1v) is 6.57. The largest absolute Gasteiger partial charge is 0.389 e. The molecule has 0 aromatic rings. The van der Waals surface area contributed by atoms with E-state index in [0.29, 0.717) is 5.92 Å². The molecular formula is C15H29OZn-. The predicted octanol–water partition coefficient (Wildman–Crippen LogP) is 4.37. The fraction of sp³-hybridized carbons (Fsp3) is 0.800. The van der Waals surface area contributed by atoms with E-state index in [1.54, 1.807) is 6.92 Å². The number of aliphatic hydroxyl groups is 1. The van der Waals surface area contributed by atoms with Gasteiger partial charge in [0.1, 0.15) is 0 Å². The van der Waals surface area contributed by atoms with Crippen LogP contribution < -0.4 is 0 Å². The van der Waals surface area contributed by atoms with Crippen molar-refractivity contribution in [3.05, 3.63) is 19.1 Å². The summed E-state index contributed by atoms with van der Waals surface area (Å²) in [6.45, 7) is 11.5. The Balaban J connectivity index is 0. The maximum Gasteiger partial charge on any atom is 0.0749 e. The van der Waals surface area contributed by atoms with Gasteiger partial charge >= 0.3 is 0 Å². The molecule has 0 aromatic carbocycles. The van der Waals surface area contributed by atoms with Gasteiger partial charge in [-0.15, -0.1) is 0 Å². The molecule has 0 unspecified atom stereocenters. The van der Waals surface area contributed by atoms with Crippen LogP contribution in [-0.4, -0.2) is 11.2 Å². The summed E-state index contributed by atoms with van der Waals surface area (Å²) in [7, 11) is 0. The smallest absolute Gasteiger partial charge is 0.0749 e. The third-order valence-corrected chi connectivity index (χ3v) is 2.93. The van der Waals surface area contributed by atoms with Crippen LogP contribution >= 0.6 is 0 Å². The van der Waals surface area contributed by atoms with E-state index in [4.69, 9.17) is 0 Å². The molecule has 0 heterocycles. The van der Waals surface area contributed by atoms with Gasteiger partial charge in [-0.2, -0.15) is 6.92 Å². The summed E-state index contributed by atoms with van der Waals surface area (Å²) in [5, 5.41) is 9.95. The summed E-state index contributed by atoms with van der Waals surface area (Å²) in [5.41, 5.74) is 0.190. The minimum absolute atomic E-state index is 0. The van der Waals surface area contributed by atoms with Crippen molar-refractivity contribution in [3.63, 3.8) is 0 Å². The Bertz CT molecular complexity index is 188. The molecule has 0 radical (unpaired) electrons. The molecule has 1 aliphatic rings. The minimum Gasteiger partial charge on any atom is -0.389 e. The average Bonchev–Trinajstić information content (AvgIpc) is 2.29.